The van der Waals surface area contributed by atoms with Crippen molar-refractivity contribution in [1.29, 1.82) is 0 Å². The number of benzene rings is 2. The quantitative estimate of drug-likeness (QED) is 0.140. The highest BCUT2D eigenvalue weighted by atomic mass is 16.5. The summed E-state index contributed by atoms with van der Waals surface area (Å²) in [5.41, 5.74) is 2.34. The number of hydrogen-bond donors (Lipinski definition) is 1. The van der Waals surface area contributed by atoms with Gasteiger partial charge in [-0.1, -0.05) is 96.9 Å². The summed E-state index contributed by atoms with van der Waals surface area (Å²) >= 11 is 0. The molecule has 0 heterocycles. The van der Waals surface area contributed by atoms with E-state index in [1.165, 1.54) is 18.9 Å². The number of carboxylic acid groups (broad SMARTS) is 1. The number of esters is 1. The highest BCUT2D eigenvalue weighted by Gasteiger charge is 2.14. The van der Waals surface area contributed by atoms with Crippen molar-refractivity contribution in [1.82, 2.24) is 0 Å². The minimum Gasteiger partial charge on any atom is -0.497 e. The maximum atomic E-state index is 11.7. The molecule has 0 aliphatic rings. The van der Waals surface area contributed by atoms with Crippen LogP contribution in [0, 0.1) is 11.8 Å². The van der Waals surface area contributed by atoms with E-state index >= 15 is 0 Å². The Balaban J connectivity index is 0.000000420. The Morgan fingerprint density at radius 3 is 1.71 bits per heavy atom. The molecule has 0 bridgehead atoms. The summed E-state index contributed by atoms with van der Waals surface area (Å²) in [5.74, 6) is 1.41. The van der Waals surface area contributed by atoms with Gasteiger partial charge in [-0.05, 0) is 72.2 Å². The van der Waals surface area contributed by atoms with Crippen LogP contribution >= 0.6 is 0 Å². The number of unbranched alkanes of at least 4 members (excludes halogenated alkanes) is 2. The fourth-order valence-electron chi connectivity index (χ4n) is 4.39. The van der Waals surface area contributed by atoms with Gasteiger partial charge in [0.15, 0.2) is 0 Å². The number of carbonyl (C=O) groups is 2. The second-order valence-electron chi connectivity index (χ2n) is 10.5. The molecule has 2 atom stereocenters. The summed E-state index contributed by atoms with van der Waals surface area (Å²) in [6.45, 7) is 9.13. The molecule has 0 aliphatic carbocycles. The zero-order valence-electron chi connectivity index (χ0n) is 26.6. The molecule has 42 heavy (non-hydrogen) atoms. The van der Waals surface area contributed by atoms with Gasteiger partial charge in [0.2, 0.25) is 0 Å². The first-order chi connectivity index (χ1) is 20.3. The summed E-state index contributed by atoms with van der Waals surface area (Å²) in [4.78, 5) is 23.2. The third-order valence-corrected chi connectivity index (χ3v) is 7.32. The lowest BCUT2D eigenvalue weighted by molar-refractivity contribution is -0.139. The van der Waals surface area contributed by atoms with Crippen molar-refractivity contribution in [2.24, 2.45) is 11.8 Å². The van der Waals surface area contributed by atoms with Crippen LogP contribution in [0.25, 0.3) is 12.2 Å². The van der Waals surface area contributed by atoms with E-state index in [4.69, 9.17) is 14.2 Å². The first kappa shape index (κ1) is 36.5. The predicted molar refractivity (Wildman–Crippen MR) is 173 cm³/mol. The number of rotatable bonds is 18. The molecule has 0 radical (unpaired) electrons. The maximum Gasteiger partial charge on any atom is 0.331 e. The van der Waals surface area contributed by atoms with Gasteiger partial charge in [0.25, 0.3) is 0 Å². The molecule has 0 fully saturated rings. The third kappa shape index (κ3) is 15.5. The van der Waals surface area contributed by atoms with Gasteiger partial charge < -0.3 is 19.3 Å². The highest BCUT2D eigenvalue weighted by molar-refractivity contribution is 5.92. The van der Waals surface area contributed by atoms with Crippen LogP contribution < -0.4 is 9.47 Å². The van der Waals surface area contributed by atoms with Gasteiger partial charge in [0.05, 0.1) is 20.8 Å². The van der Waals surface area contributed by atoms with Crippen LogP contribution in [0.4, 0.5) is 0 Å². The standard InChI is InChI=1S/2C18H26O3/c1-4-6-7-15(5-2)14-21-18(19)13-10-16-8-11-17(20-3)12-9-16;1-4-6-7-14(5-2)12-16(18(19)20)13-15-8-10-17(21-3)11-9-15/h8-13,15H,4-7,14H2,1-3H3;8-11,13-14H,4-7,12H2,1-3H3,(H,19,20). The van der Waals surface area contributed by atoms with E-state index in [2.05, 4.69) is 27.7 Å². The number of carboxylic acids is 1. The summed E-state index contributed by atoms with van der Waals surface area (Å²) in [6, 6.07) is 15.0. The summed E-state index contributed by atoms with van der Waals surface area (Å²) in [6.07, 6.45) is 14.6. The Hall–Kier alpha value is -3.54. The fourth-order valence-corrected chi connectivity index (χ4v) is 4.39. The number of aliphatic carboxylic acids is 1. The minimum atomic E-state index is -0.819. The Labute approximate surface area is 253 Å². The van der Waals surface area contributed by atoms with Gasteiger partial charge in [-0.25, -0.2) is 9.59 Å². The van der Waals surface area contributed by atoms with Crippen LogP contribution in [-0.2, 0) is 14.3 Å². The van der Waals surface area contributed by atoms with E-state index in [-0.39, 0.29) is 5.97 Å². The van der Waals surface area contributed by atoms with Crippen LogP contribution in [-0.4, -0.2) is 37.9 Å². The van der Waals surface area contributed by atoms with E-state index < -0.39 is 5.97 Å². The number of ether oxygens (including phenoxy) is 3. The normalized spacial score (nSPS) is 12.7. The van der Waals surface area contributed by atoms with E-state index in [0.717, 1.165) is 61.2 Å². The van der Waals surface area contributed by atoms with Crippen LogP contribution in [0.1, 0.15) is 96.6 Å². The Kier molecular flexibility index (Phi) is 19.2. The van der Waals surface area contributed by atoms with Gasteiger partial charge in [-0.15, -0.1) is 0 Å². The molecular formula is C36H52O6. The Bertz CT molecular complexity index is 1070. The second-order valence-corrected chi connectivity index (χ2v) is 10.5. The van der Waals surface area contributed by atoms with E-state index in [1.807, 2.05) is 48.5 Å². The number of carbonyl (C=O) groups excluding carboxylic acids is 1. The monoisotopic (exact) mass is 580 g/mol. The first-order valence-corrected chi connectivity index (χ1v) is 15.4. The molecule has 0 saturated heterocycles. The third-order valence-electron chi connectivity index (χ3n) is 7.32. The Morgan fingerprint density at radius 2 is 1.26 bits per heavy atom. The van der Waals surface area contributed by atoms with Gasteiger partial charge in [0, 0.05) is 11.6 Å². The van der Waals surface area contributed by atoms with Gasteiger partial charge in [-0.3, -0.25) is 0 Å². The van der Waals surface area contributed by atoms with Crippen molar-refractivity contribution >= 4 is 24.1 Å². The average Bonchev–Trinajstić information content (AvgIpc) is 3.02. The van der Waals surface area contributed by atoms with Gasteiger partial charge in [0.1, 0.15) is 11.5 Å². The Morgan fingerprint density at radius 1 is 0.762 bits per heavy atom. The van der Waals surface area contributed by atoms with Crippen molar-refractivity contribution in [3.05, 3.63) is 71.3 Å². The number of hydrogen-bond acceptors (Lipinski definition) is 5. The molecule has 2 aromatic carbocycles. The van der Waals surface area contributed by atoms with Crippen molar-refractivity contribution in [2.45, 2.75) is 85.5 Å². The summed E-state index contributed by atoms with van der Waals surface area (Å²) in [7, 11) is 3.25. The van der Waals surface area contributed by atoms with Crippen LogP contribution in [0.2, 0.25) is 0 Å². The summed E-state index contributed by atoms with van der Waals surface area (Å²) in [5, 5.41) is 9.41. The van der Waals surface area contributed by atoms with E-state index in [0.29, 0.717) is 30.4 Å². The second kappa shape index (κ2) is 22.1. The minimum absolute atomic E-state index is 0.277. The smallest absolute Gasteiger partial charge is 0.331 e. The molecule has 2 unspecified atom stereocenters. The SMILES string of the molecule is CCCCC(CC)CC(=Cc1ccc(OC)cc1)C(=O)O.CCCCC(CC)COC(=O)C=Cc1ccc(OC)cc1. The van der Waals surface area contributed by atoms with E-state index in [9.17, 15) is 14.7 Å². The van der Waals surface area contributed by atoms with Crippen LogP contribution in [0.15, 0.2) is 60.2 Å². The van der Waals surface area contributed by atoms with Gasteiger partial charge in [-0.2, -0.15) is 0 Å². The van der Waals surface area contributed by atoms with E-state index in [1.54, 1.807) is 26.4 Å². The van der Waals surface area contributed by atoms with Crippen LogP contribution in [0.3, 0.4) is 0 Å². The molecule has 0 aliphatic heterocycles. The summed E-state index contributed by atoms with van der Waals surface area (Å²) < 4.78 is 15.5. The zero-order valence-corrected chi connectivity index (χ0v) is 26.6. The molecule has 6 nitrogen and oxygen atoms in total. The lowest BCUT2D eigenvalue weighted by atomic mass is 9.91. The van der Waals surface area contributed by atoms with Crippen molar-refractivity contribution in [2.75, 3.05) is 20.8 Å². The molecule has 0 aromatic heterocycles. The molecular weight excluding hydrogens is 528 g/mol. The zero-order chi connectivity index (χ0) is 31.2. The largest absolute Gasteiger partial charge is 0.497 e. The van der Waals surface area contributed by atoms with Crippen molar-refractivity contribution < 1.29 is 28.9 Å². The number of methoxy groups -OCH3 is 2. The lowest BCUT2D eigenvalue weighted by Crippen LogP contribution is -2.12. The molecule has 1 N–H and O–H groups in total. The van der Waals surface area contributed by atoms with Crippen molar-refractivity contribution in [3.8, 4) is 11.5 Å². The molecule has 0 spiro atoms. The molecule has 0 saturated carbocycles. The molecule has 2 aromatic rings. The topological polar surface area (TPSA) is 82.1 Å². The molecule has 2 rings (SSSR count). The lowest BCUT2D eigenvalue weighted by Gasteiger charge is -2.14. The fraction of sp³-hybridized carbons (Fsp3) is 0.500. The molecule has 6 heteroatoms. The first-order valence-electron chi connectivity index (χ1n) is 15.4. The van der Waals surface area contributed by atoms with Crippen LogP contribution in [0.5, 0.6) is 11.5 Å². The van der Waals surface area contributed by atoms with Crippen molar-refractivity contribution in [3.63, 3.8) is 0 Å². The predicted octanol–water partition coefficient (Wildman–Crippen LogP) is 9.24. The average molecular weight is 581 g/mol. The van der Waals surface area contributed by atoms with Gasteiger partial charge >= 0.3 is 11.9 Å². The maximum absolute atomic E-state index is 11.7. The molecule has 232 valence electrons. The highest BCUT2D eigenvalue weighted by Crippen LogP contribution is 2.24. The molecule has 0 amide bonds.